The molecule has 2 N–H and O–H groups in total. The lowest BCUT2D eigenvalue weighted by molar-refractivity contribution is -0.116. The van der Waals surface area contributed by atoms with Crippen LogP contribution in [0.4, 0.5) is 16.3 Å². The average molecular weight is 468 g/mol. The smallest absolute Gasteiger partial charge is 0.315 e. The second kappa shape index (κ2) is 10.1. The molecule has 0 saturated heterocycles. The standard InChI is InChI=1S/C25H30ClN5O2/c1-6-30(24(33)27-19-11-8-10-18(26)14-19)16-23(32)28-22-15-21(25(3,4)5)29-31(22)20-12-7-9-17(2)13-20/h7-15H,6,16H2,1-5H3,(H,27,33)(H,28,32). The van der Waals surface area contributed by atoms with Crippen LogP contribution < -0.4 is 10.6 Å². The molecule has 1 heterocycles. The van der Waals surface area contributed by atoms with E-state index >= 15 is 0 Å². The largest absolute Gasteiger partial charge is 0.322 e. The fourth-order valence-electron chi connectivity index (χ4n) is 3.24. The molecule has 3 aromatic rings. The van der Waals surface area contributed by atoms with Crippen LogP contribution in [0.2, 0.25) is 5.02 Å². The summed E-state index contributed by atoms with van der Waals surface area (Å²) >= 11 is 5.99. The molecule has 2 aromatic carbocycles. The Hall–Kier alpha value is -3.32. The van der Waals surface area contributed by atoms with Crippen molar-refractivity contribution in [2.75, 3.05) is 23.7 Å². The van der Waals surface area contributed by atoms with Crippen LogP contribution in [0.5, 0.6) is 0 Å². The van der Waals surface area contributed by atoms with Crippen LogP contribution in [-0.4, -0.2) is 39.7 Å². The normalized spacial score (nSPS) is 11.2. The molecule has 0 radical (unpaired) electrons. The Morgan fingerprint density at radius 2 is 1.79 bits per heavy atom. The number of urea groups is 1. The summed E-state index contributed by atoms with van der Waals surface area (Å²) in [7, 11) is 0. The molecule has 0 aliphatic heterocycles. The maximum atomic E-state index is 12.9. The van der Waals surface area contributed by atoms with Gasteiger partial charge in [0.1, 0.15) is 12.4 Å². The number of aryl methyl sites for hydroxylation is 1. The van der Waals surface area contributed by atoms with Crippen molar-refractivity contribution < 1.29 is 9.59 Å². The van der Waals surface area contributed by atoms with Gasteiger partial charge in [-0.1, -0.05) is 50.6 Å². The number of aromatic nitrogens is 2. The first-order valence-electron chi connectivity index (χ1n) is 10.9. The third-order valence-corrected chi connectivity index (χ3v) is 5.31. The van der Waals surface area contributed by atoms with Gasteiger partial charge in [0, 0.05) is 28.7 Å². The summed E-state index contributed by atoms with van der Waals surface area (Å²) in [5.74, 6) is 0.245. The molecule has 0 aliphatic carbocycles. The number of benzene rings is 2. The van der Waals surface area contributed by atoms with E-state index in [0.29, 0.717) is 23.1 Å². The molecule has 3 rings (SSSR count). The molecular weight excluding hydrogens is 438 g/mol. The van der Waals surface area contributed by atoms with Gasteiger partial charge in [-0.25, -0.2) is 9.48 Å². The van der Waals surface area contributed by atoms with Crippen LogP contribution in [-0.2, 0) is 10.2 Å². The number of amides is 3. The van der Waals surface area contributed by atoms with Crippen LogP contribution in [0.25, 0.3) is 5.69 Å². The highest BCUT2D eigenvalue weighted by Gasteiger charge is 2.23. The van der Waals surface area contributed by atoms with Gasteiger partial charge in [0.25, 0.3) is 0 Å². The zero-order chi connectivity index (χ0) is 24.2. The number of anilines is 2. The lowest BCUT2D eigenvalue weighted by atomic mass is 9.92. The molecule has 8 heteroatoms. The summed E-state index contributed by atoms with van der Waals surface area (Å²) < 4.78 is 1.73. The molecule has 0 spiro atoms. The van der Waals surface area contributed by atoms with E-state index in [-0.39, 0.29) is 23.9 Å². The second-order valence-corrected chi connectivity index (χ2v) is 9.35. The molecule has 0 aliphatic rings. The number of carbonyl (C=O) groups excluding carboxylic acids is 2. The third-order valence-electron chi connectivity index (χ3n) is 5.07. The minimum absolute atomic E-state index is 0.104. The topological polar surface area (TPSA) is 79.3 Å². The van der Waals surface area contributed by atoms with Crippen molar-refractivity contribution in [3.63, 3.8) is 0 Å². The Balaban J connectivity index is 1.78. The number of nitrogens with zero attached hydrogens (tertiary/aromatic N) is 3. The lowest BCUT2D eigenvalue weighted by Gasteiger charge is -2.21. The molecule has 33 heavy (non-hydrogen) atoms. The number of nitrogens with one attached hydrogen (secondary N) is 2. The van der Waals surface area contributed by atoms with Gasteiger partial charge in [0.2, 0.25) is 5.91 Å². The Morgan fingerprint density at radius 1 is 1.06 bits per heavy atom. The van der Waals surface area contributed by atoms with Gasteiger partial charge in [-0.2, -0.15) is 5.10 Å². The van der Waals surface area contributed by atoms with Gasteiger partial charge in [-0.15, -0.1) is 0 Å². The van der Waals surface area contributed by atoms with Gasteiger partial charge in [-0.05, 0) is 49.7 Å². The highest BCUT2D eigenvalue weighted by Crippen LogP contribution is 2.26. The first kappa shape index (κ1) is 24.3. The predicted molar refractivity (Wildman–Crippen MR) is 133 cm³/mol. The summed E-state index contributed by atoms with van der Waals surface area (Å²) in [6.45, 7) is 10.3. The quantitative estimate of drug-likeness (QED) is 0.493. The predicted octanol–water partition coefficient (Wildman–Crippen LogP) is 5.62. The maximum Gasteiger partial charge on any atom is 0.322 e. The molecular formula is C25H30ClN5O2. The Kier molecular flexibility index (Phi) is 7.43. The van der Waals surface area contributed by atoms with Crippen LogP contribution in [0.1, 0.15) is 39.0 Å². The SMILES string of the molecule is CCN(CC(=O)Nc1cc(C(C)(C)C)nn1-c1cccc(C)c1)C(=O)Nc1cccc(Cl)c1. The minimum atomic E-state index is -0.377. The molecule has 0 atom stereocenters. The average Bonchev–Trinajstić information content (AvgIpc) is 3.16. The van der Waals surface area contributed by atoms with Crippen LogP contribution in [0.15, 0.2) is 54.6 Å². The summed E-state index contributed by atoms with van der Waals surface area (Å²) in [6.07, 6.45) is 0. The van der Waals surface area contributed by atoms with E-state index < -0.39 is 0 Å². The van der Waals surface area contributed by atoms with Gasteiger partial charge in [0.05, 0.1) is 11.4 Å². The van der Waals surface area contributed by atoms with Crippen molar-refractivity contribution in [3.05, 3.63) is 70.9 Å². The number of hydrogen-bond acceptors (Lipinski definition) is 3. The Bertz CT molecular complexity index is 1150. The zero-order valence-corrected chi connectivity index (χ0v) is 20.4. The minimum Gasteiger partial charge on any atom is -0.315 e. The van der Waals surface area contributed by atoms with E-state index in [9.17, 15) is 9.59 Å². The second-order valence-electron chi connectivity index (χ2n) is 8.92. The lowest BCUT2D eigenvalue weighted by Crippen LogP contribution is -2.40. The fraction of sp³-hybridized carbons (Fsp3) is 0.320. The first-order chi connectivity index (χ1) is 15.6. The fourth-order valence-corrected chi connectivity index (χ4v) is 3.44. The number of rotatable bonds is 6. The van der Waals surface area contributed by atoms with E-state index in [1.165, 1.54) is 4.90 Å². The molecule has 0 bridgehead atoms. The Morgan fingerprint density at radius 3 is 2.42 bits per heavy atom. The molecule has 174 valence electrons. The Labute approximate surface area is 199 Å². The van der Waals surface area contributed by atoms with Crippen molar-refractivity contribution in [2.45, 2.75) is 40.0 Å². The molecule has 1 aromatic heterocycles. The highest BCUT2D eigenvalue weighted by molar-refractivity contribution is 6.30. The van der Waals surface area contributed by atoms with Crippen molar-refractivity contribution in [1.82, 2.24) is 14.7 Å². The number of hydrogen-bond donors (Lipinski definition) is 2. The van der Waals surface area contributed by atoms with E-state index in [1.807, 2.05) is 44.2 Å². The van der Waals surface area contributed by atoms with E-state index in [0.717, 1.165) is 16.9 Å². The van der Waals surface area contributed by atoms with Crippen LogP contribution in [0, 0.1) is 6.92 Å². The van der Waals surface area contributed by atoms with Crippen molar-refractivity contribution in [3.8, 4) is 5.69 Å². The zero-order valence-electron chi connectivity index (χ0n) is 19.6. The summed E-state index contributed by atoms with van der Waals surface area (Å²) in [6, 6.07) is 16.3. The van der Waals surface area contributed by atoms with Gasteiger partial charge < -0.3 is 15.5 Å². The highest BCUT2D eigenvalue weighted by atomic mass is 35.5. The van der Waals surface area contributed by atoms with Crippen molar-refractivity contribution >= 4 is 35.0 Å². The van der Waals surface area contributed by atoms with E-state index in [2.05, 4.69) is 31.4 Å². The third kappa shape index (κ3) is 6.35. The number of likely N-dealkylation sites (N-methyl/N-ethyl adjacent to an activating group) is 1. The van der Waals surface area contributed by atoms with Crippen LogP contribution >= 0.6 is 11.6 Å². The van der Waals surface area contributed by atoms with Crippen molar-refractivity contribution in [1.29, 1.82) is 0 Å². The molecule has 7 nitrogen and oxygen atoms in total. The molecule has 0 unspecified atom stereocenters. The summed E-state index contributed by atoms with van der Waals surface area (Å²) in [5, 5.41) is 11.0. The summed E-state index contributed by atoms with van der Waals surface area (Å²) in [4.78, 5) is 27.0. The number of carbonyl (C=O) groups is 2. The first-order valence-corrected chi connectivity index (χ1v) is 11.2. The van der Waals surface area contributed by atoms with Gasteiger partial charge in [-0.3, -0.25) is 4.79 Å². The van der Waals surface area contributed by atoms with E-state index in [4.69, 9.17) is 16.7 Å². The van der Waals surface area contributed by atoms with Gasteiger partial charge >= 0.3 is 6.03 Å². The van der Waals surface area contributed by atoms with Crippen LogP contribution in [0.3, 0.4) is 0 Å². The van der Waals surface area contributed by atoms with E-state index in [1.54, 1.807) is 28.9 Å². The molecule has 3 amide bonds. The van der Waals surface area contributed by atoms with Crippen molar-refractivity contribution in [2.24, 2.45) is 0 Å². The molecule has 0 fully saturated rings. The summed E-state index contributed by atoms with van der Waals surface area (Å²) in [5.41, 5.74) is 3.17. The molecule has 0 saturated carbocycles. The maximum absolute atomic E-state index is 12.9. The monoisotopic (exact) mass is 467 g/mol. The van der Waals surface area contributed by atoms with Gasteiger partial charge in [0.15, 0.2) is 0 Å². The number of halogens is 1.